The number of quaternary nitrogens is 1. The molecule has 1 rings (SSSR count). The Balaban J connectivity index is 2.41. The van der Waals surface area contributed by atoms with Crippen LogP contribution < -0.4 is 0 Å². The van der Waals surface area contributed by atoms with Crippen LogP contribution in [-0.2, 0) is 6.54 Å². The molecule has 0 radical (unpaired) electrons. The Kier molecular flexibility index (Phi) is 16.7. The lowest BCUT2D eigenvalue weighted by Crippen LogP contribution is -2.44. The Morgan fingerprint density at radius 2 is 1.00 bits per heavy atom. The van der Waals surface area contributed by atoms with E-state index in [-0.39, 0.29) is 0 Å². The van der Waals surface area contributed by atoms with E-state index < -0.39 is 0 Å². The van der Waals surface area contributed by atoms with E-state index in [0.29, 0.717) is 0 Å². The first-order valence-corrected chi connectivity index (χ1v) is 13.7. The van der Waals surface area contributed by atoms with Crippen LogP contribution in [0.2, 0.25) is 0 Å². The van der Waals surface area contributed by atoms with Crippen LogP contribution in [-0.4, -0.2) is 24.6 Å². The maximum Gasteiger partial charge on any atom is 0.104 e. The van der Waals surface area contributed by atoms with E-state index in [2.05, 4.69) is 51.7 Å². The normalized spacial score (nSPS) is 11.7. The van der Waals surface area contributed by atoms with Gasteiger partial charge >= 0.3 is 0 Å². The van der Waals surface area contributed by atoms with Crippen LogP contribution in [0, 0.1) is 0 Å². The third kappa shape index (κ3) is 14.6. The zero-order chi connectivity index (χ0) is 22.6. The second kappa shape index (κ2) is 18.5. The molecular weight excluding hydrogens is 374 g/mol. The Hall–Kier alpha value is -1.08. The summed E-state index contributed by atoms with van der Waals surface area (Å²) >= 11 is 0. The Morgan fingerprint density at radius 1 is 0.613 bits per heavy atom. The molecule has 0 aliphatic heterocycles. The zero-order valence-corrected chi connectivity index (χ0v) is 21.5. The first-order chi connectivity index (χ1) is 15.1. The van der Waals surface area contributed by atoms with Crippen LogP contribution in [0.3, 0.4) is 0 Å². The summed E-state index contributed by atoms with van der Waals surface area (Å²) < 4.78 is 1.21. The Labute approximate surface area is 195 Å². The quantitative estimate of drug-likeness (QED) is 0.135. The van der Waals surface area contributed by atoms with Crippen LogP contribution in [0.4, 0.5) is 0 Å². The molecule has 1 nitrogen and oxygen atoms in total. The van der Waals surface area contributed by atoms with Gasteiger partial charge in [0.2, 0.25) is 0 Å². The molecule has 0 bridgehead atoms. The van der Waals surface area contributed by atoms with Gasteiger partial charge in [-0.25, -0.2) is 0 Å². The van der Waals surface area contributed by atoms with Crippen molar-refractivity contribution in [1.29, 1.82) is 0 Å². The number of hydrogen-bond donors (Lipinski definition) is 0. The van der Waals surface area contributed by atoms with Crippen molar-refractivity contribution in [2.75, 3.05) is 20.1 Å². The predicted octanol–water partition coefficient (Wildman–Crippen LogP) is 9.56. The summed E-state index contributed by atoms with van der Waals surface area (Å²) in [6, 6.07) is 9.07. The highest BCUT2D eigenvalue weighted by Crippen LogP contribution is 2.19. The van der Waals surface area contributed by atoms with Crippen LogP contribution in [0.5, 0.6) is 0 Å². The van der Waals surface area contributed by atoms with Crippen molar-refractivity contribution < 1.29 is 4.48 Å². The van der Waals surface area contributed by atoms with Crippen molar-refractivity contribution in [1.82, 2.24) is 0 Å². The number of rotatable bonds is 21. The van der Waals surface area contributed by atoms with Crippen molar-refractivity contribution in [3.63, 3.8) is 0 Å². The van der Waals surface area contributed by atoms with Crippen molar-refractivity contribution in [2.24, 2.45) is 0 Å². The molecule has 1 heteroatoms. The predicted molar refractivity (Wildman–Crippen MR) is 141 cm³/mol. The zero-order valence-electron chi connectivity index (χ0n) is 21.5. The first kappa shape index (κ1) is 28.0. The highest BCUT2D eigenvalue weighted by atomic mass is 15.3. The number of benzene rings is 1. The fraction of sp³-hybridized carbons (Fsp3) is 0.733. The maximum atomic E-state index is 3.89. The molecule has 0 aromatic heterocycles. The van der Waals surface area contributed by atoms with Crippen molar-refractivity contribution in [3.05, 3.63) is 42.0 Å². The van der Waals surface area contributed by atoms with Crippen molar-refractivity contribution in [2.45, 2.75) is 123 Å². The molecule has 0 aliphatic carbocycles. The smallest absolute Gasteiger partial charge is 0.104 e. The minimum Gasteiger partial charge on any atom is -0.322 e. The fourth-order valence-electron chi connectivity index (χ4n) is 4.72. The van der Waals surface area contributed by atoms with Crippen LogP contribution in [0.25, 0.3) is 6.08 Å². The largest absolute Gasteiger partial charge is 0.322 e. The molecule has 1 aromatic carbocycles. The summed E-state index contributed by atoms with van der Waals surface area (Å²) in [5.74, 6) is 0. The monoisotopic (exact) mass is 428 g/mol. The summed E-state index contributed by atoms with van der Waals surface area (Å²) in [5.41, 5.74) is 2.70. The van der Waals surface area contributed by atoms with Gasteiger partial charge in [-0.1, -0.05) is 128 Å². The Bertz CT molecular complexity index is 510. The summed E-state index contributed by atoms with van der Waals surface area (Å²) in [6.07, 6.45) is 24.5. The van der Waals surface area contributed by atoms with Gasteiger partial charge in [0, 0.05) is 5.56 Å². The maximum absolute atomic E-state index is 3.89. The van der Waals surface area contributed by atoms with Gasteiger partial charge in [0.05, 0.1) is 20.1 Å². The van der Waals surface area contributed by atoms with Gasteiger partial charge in [0.15, 0.2) is 0 Å². The van der Waals surface area contributed by atoms with Crippen LogP contribution >= 0.6 is 0 Å². The van der Waals surface area contributed by atoms with Crippen molar-refractivity contribution >= 4 is 6.08 Å². The van der Waals surface area contributed by atoms with Gasteiger partial charge in [-0.05, 0) is 31.2 Å². The van der Waals surface area contributed by atoms with Gasteiger partial charge in [-0.15, -0.1) is 0 Å². The standard InChI is InChI=1S/C30H54N/c1-5-8-10-12-14-16-18-20-26-31(4,27-21-19-17-15-13-11-9-6-2)28-30-24-22-29(7-3)23-25-30/h7,22-25H,3,5-6,8-21,26-28H2,1-2,4H3/q+1. The first-order valence-electron chi connectivity index (χ1n) is 13.7. The van der Waals surface area contributed by atoms with Crippen molar-refractivity contribution in [3.8, 4) is 0 Å². The van der Waals surface area contributed by atoms with Gasteiger partial charge in [0.1, 0.15) is 6.54 Å². The molecule has 0 amide bonds. The molecule has 0 unspecified atom stereocenters. The van der Waals surface area contributed by atoms with Gasteiger partial charge in [-0.2, -0.15) is 0 Å². The van der Waals surface area contributed by atoms with E-state index in [1.54, 1.807) is 0 Å². The topological polar surface area (TPSA) is 0 Å². The molecule has 0 aliphatic rings. The van der Waals surface area contributed by atoms with Gasteiger partial charge in [0.25, 0.3) is 0 Å². The lowest BCUT2D eigenvalue weighted by molar-refractivity contribution is -0.923. The summed E-state index contributed by atoms with van der Waals surface area (Å²) in [7, 11) is 2.50. The third-order valence-electron chi connectivity index (χ3n) is 6.88. The molecule has 1 aromatic rings. The van der Waals surface area contributed by atoms with E-state index in [1.807, 2.05) is 6.08 Å². The van der Waals surface area contributed by atoms with E-state index >= 15 is 0 Å². The Morgan fingerprint density at radius 3 is 1.39 bits per heavy atom. The minimum atomic E-state index is 1.17. The van der Waals surface area contributed by atoms with Crippen LogP contribution in [0.15, 0.2) is 30.8 Å². The summed E-state index contributed by atoms with van der Waals surface area (Å²) in [6.45, 7) is 12.3. The lowest BCUT2D eigenvalue weighted by Gasteiger charge is -2.35. The summed E-state index contributed by atoms with van der Waals surface area (Å²) in [4.78, 5) is 0. The highest BCUT2D eigenvalue weighted by molar-refractivity contribution is 5.47. The second-order valence-corrected chi connectivity index (χ2v) is 10.1. The lowest BCUT2D eigenvalue weighted by atomic mass is 10.1. The summed E-state index contributed by atoms with van der Waals surface area (Å²) in [5, 5.41) is 0. The minimum absolute atomic E-state index is 1.17. The second-order valence-electron chi connectivity index (χ2n) is 10.1. The molecule has 0 spiro atoms. The van der Waals surface area contributed by atoms with E-state index in [1.165, 1.54) is 138 Å². The van der Waals surface area contributed by atoms with Gasteiger partial charge < -0.3 is 4.48 Å². The molecule has 0 N–H and O–H groups in total. The van der Waals surface area contributed by atoms with Gasteiger partial charge in [-0.3, -0.25) is 0 Å². The average Bonchev–Trinajstić information content (AvgIpc) is 2.78. The molecule has 0 saturated heterocycles. The number of nitrogens with zero attached hydrogens (tertiary/aromatic N) is 1. The molecule has 178 valence electrons. The SMILES string of the molecule is C=Cc1ccc(C[N+](C)(CCCCCCCCCC)CCCCCCCCCC)cc1. The van der Waals surface area contributed by atoms with Crippen LogP contribution in [0.1, 0.15) is 128 Å². The molecule has 31 heavy (non-hydrogen) atoms. The molecule has 0 saturated carbocycles. The number of unbranched alkanes of at least 4 members (excludes halogenated alkanes) is 14. The molecular formula is C30H54N+. The molecule has 0 atom stereocenters. The highest BCUT2D eigenvalue weighted by Gasteiger charge is 2.21. The molecule has 0 heterocycles. The van der Waals surface area contributed by atoms with E-state index in [9.17, 15) is 0 Å². The number of hydrogen-bond acceptors (Lipinski definition) is 0. The third-order valence-corrected chi connectivity index (χ3v) is 6.88. The average molecular weight is 429 g/mol. The van der Waals surface area contributed by atoms with E-state index in [4.69, 9.17) is 0 Å². The fourth-order valence-corrected chi connectivity index (χ4v) is 4.72. The molecule has 0 fully saturated rings. The van der Waals surface area contributed by atoms with E-state index in [0.717, 1.165) is 0 Å².